The Morgan fingerprint density at radius 3 is 2.23 bits per heavy atom. The molecule has 0 saturated carbocycles. The van der Waals surface area contributed by atoms with Gasteiger partial charge in [0.2, 0.25) is 5.91 Å². The molecule has 1 N–H and O–H groups in total. The minimum atomic E-state index is -0.967. The molecule has 0 aromatic heterocycles. The zero-order chi connectivity index (χ0) is 15.3. The smallest absolute Gasteiger partial charge is 0.310 e. The first-order valence-corrected chi connectivity index (χ1v) is 7.73. The lowest BCUT2D eigenvalue weighted by Gasteiger charge is -2.39. The summed E-state index contributed by atoms with van der Waals surface area (Å²) in [6, 6.07) is 0. The van der Waals surface area contributed by atoms with Crippen molar-refractivity contribution in [2.24, 2.45) is 11.8 Å². The quantitative estimate of drug-likeness (QED) is 0.723. The number of hydrogen-bond donors (Lipinski definition) is 1. The Morgan fingerprint density at radius 2 is 1.64 bits per heavy atom. The number of carboxylic acid groups (broad SMARTS) is 1. The summed E-state index contributed by atoms with van der Waals surface area (Å²) in [7, 11) is 0. The van der Waals surface area contributed by atoms with E-state index in [0.29, 0.717) is 39.1 Å². The Hall–Kier alpha value is -1.44. The second-order valence-corrected chi connectivity index (χ2v) is 6.27. The fourth-order valence-electron chi connectivity index (χ4n) is 3.96. The monoisotopic (exact) mass is 309 g/mol. The highest BCUT2D eigenvalue weighted by Gasteiger charge is 2.54. The van der Waals surface area contributed by atoms with Gasteiger partial charge in [0.25, 0.3) is 0 Å². The summed E-state index contributed by atoms with van der Waals surface area (Å²) in [4.78, 5) is 26.0. The van der Waals surface area contributed by atoms with E-state index in [4.69, 9.17) is 14.2 Å². The molecule has 4 atom stereocenters. The molecule has 7 nitrogen and oxygen atoms in total. The van der Waals surface area contributed by atoms with Crippen LogP contribution in [-0.2, 0) is 23.8 Å². The number of fused-ring (bicyclic) bond motifs is 2. The molecule has 0 unspecified atom stereocenters. The van der Waals surface area contributed by atoms with Crippen LogP contribution in [0.1, 0.15) is 12.8 Å². The SMILES string of the molecule is O=C(O)[C@@H]1[C@H](C(=O)N2CCC3(CC2)OCCO3)[C@H]2C=C[C@@H]1O2. The van der Waals surface area contributed by atoms with E-state index in [0.717, 1.165) is 0 Å². The highest BCUT2D eigenvalue weighted by atomic mass is 16.7. The van der Waals surface area contributed by atoms with Gasteiger partial charge < -0.3 is 24.2 Å². The number of hydrogen-bond acceptors (Lipinski definition) is 5. The van der Waals surface area contributed by atoms with Crippen molar-refractivity contribution in [2.45, 2.75) is 30.8 Å². The van der Waals surface area contributed by atoms with E-state index < -0.39 is 35.8 Å². The van der Waals surface area contributed by atoms with Gasteiger partial charge in [-0.25, -0.2) is 0 Å². The average Bonchev–Trinajstić information content (AvgIpc) is 3.22. The number of carboxylic acids is 1. The van der Waals surface area contributed by atoms with Crippen LogP contribution >= 0.6 is 0 Å². The van der Waals surface area contributed by atoms with Gasteiger partial charge >= 0.3 is 5.97 Å². The van der Waals surface area contributed by atoms with E-state index in [1.807, 2.05) is 0 Å². The van der Waals surface area contributed by atoms with E-state index >= 15 is 0 Å². The molecule has 1 spiro atoms. The Bertz CT molecular complexity index is 516. The van der Waals surface area contributed by atoms with Crippen LogP contribution in [0.25, 0.3) is 0 Å². The van der Waals surface area contributed by atoms with Gasteiger partial charge in [0.05, 0.1) is 31.3 Å². The zero-order valence-corrected chi connectivity index (χ0v) is 12.1. The van der Waals surface area contributed by atoms with E-state index in [1.54, 1.807) is 17.1 Å². The summed E-state index contributed by atoms with van der Waals surface area (Å²) in [5, 5.41) is 9.40. The van der Waals surface area contributed by atoms with Crippen molar-refractivity contribution in [1.82, 2.24) is 4.90 Å². The normalized spacial score (nSPS) is 38.8. The van der Waals surface area contributed by atoms with Crippen LogP contribution in [0.5, 0.6) is 0 Å². The number of carbonyl (C=O) groups excluding carboxylic acids is 1. The Labute approximate surface area is 127 Å². The van der Waals surface area contributed by atoms with Gasteiger partial charge in [-0.1, -0.05) is 12.2 Å². The third-order valence-electron chi connectivity index (χ3n) is 5.12. The van der Waals surface area contributed by atoms with Gasteiger partial charge in [0.1, 0.15) is 5.92 Å². The Morgan fingerprint density at radius 1 is 1.05 bits per heavy atom. The second-order valence-electron chi connectivity index (χ2n) is 6.27. The van der Waals surface area contributed by atoms with Crippen LogP contribution in [0.2, 0.25) is 0 Å². The van der Waals surface area contributed by atoms with Gasteiger partial charge in [-0.3, -0.25) is 9.59 Å². The topological polar surface area (TPSA) is 85.3 Å². The number of aliphatic carboxylic acids is 1. The molecular weight excluding hydrogens is 290 g/mol. The van der Waals surface area contributed by atoms with E-state index in [1.165, 1.54) is 0 Å². The summed E-state index contributed by atoms with van der Waals surface area (Å²) in [6.45, 7) is 2.26. The van der Waals surface area contributed by atoms with Crippen LogP contribution in [0, 0.1) is 11.8 Å². The molecule has 0 aromatic carbocycles. The van der Waals surface area contributed by atoms with Crippen molar-refractivity contribution < 1.29 is 28.9 Å². The number of amides is 1. The van der Waals surface area contributed by atoms with E-state index in [9.17, 15) is 14.7 Å². The first-order valence-electron chi connectivity index (χ1n) is 7.73. The molecule has 3 saturated heterocycles. The molecule has 4 heterocycles. The van der Waals surface area contributed by atoms with Crippen LogP contribution in [0.15, 0.2) is 12.2 Å². The molecule has 7 heteroatoms. The number of likely N-dealkylation sites (tertiary alicyclic amines) is 1. The maximum atomic E-state index is 12.8. The van der Waals surface area contributed by atoms with E-state index in [-0.39, 0.29) is 5.91 Å². The summed E-state index contributed by atoms with van der Waals surface area (Å²) in [5.41, 5.74) is 0. The summed E-state index contributed by atoms with van der Waals surface area (Å²) >= 11 is 0. The highest BCUT2D eigenvalue weighted by Crippen LogP contribution is 2.41. The Balaban J connectivity index is 1.46. The van der Waals surface area contributed by atoms with Crippen LogP contribution in [0.3, 0.4) is 0 Å². The molecule has 3 fully saturated rings. The van der Waals surface area contributed by atoms with Gasteiger partial charge in [0.15, 0.2) is 5.79 Å². The molecule has 2 bridgehead atoms. The lowest BCUT2D eigenvalue weighted by atomic mass is 9.81. The summed E-state index contributed by atoms with van der Waals surface area (Å²) in [6.07, 6.45) is 3.93. The molecular formula is C15H19NO6. The van der Waals surface area contributed by atoms with Crippen molar-refractivity contribution >= 4 is 11.9 Å². The third kappa shape index (κ3) is 2.07. The fourth-order valence-corrected chi connectivity index (χ4v) is 3.96. The summed E-state index contributed by atoms with van der Waals surface area (Å²) in [5.74, 6) is -3.03. The zero-order valence-electron chi connectivity index (χ0n) is 12.1. The van der Waals surface area contributed by atoms with Crippen molar-refractivity contribution in [2.75, 3.05) is 26.3 Å². The lowest BCUT2D eigenvalue weighted by Crippen LogP contribution is -2.51. The van der Waals surface area contributed by atoms with Crippen LogP contribution in [0.4, 0.5) is 0 Å². The lowest BCUT2D eigenvalue weighted by molar-refractivity contribution is -0.189. The van der Waals surface area contributed by atoms with Crippen molar-refractivity contribution in [3.05, 3.63) is 12.2 Å². The summed E-state index contributed by atoms with van der Waals surface area (Å²) < 4.78 is 16.9. The second kappa shape index (κ2) is 5.04. The maximum absolute atomic E-state index is 12.8. The third-order valence-corrected chi connectivity index (χ3v) is 5.12. The van der Waals surface area contributed by atoms with Crippen molar-refractivity contribution in [1.29, 1.82) is 0 Å². The minimum Gasteiger partial charge on any atom is -0.481 e. The number of nitrogens with zero attached hydrogens (tertiary/aromatic N) is 1. The van der Waals surface area contributed by atoms with Gasteiger partial charge in [-0.05, 0) is 0 Å². The fraction of sp³-hybridized carbons (Fsp3) is 0.733. The molecule has 0 radical (unpaired) electrons. The first-order chi connectivity index (χ1) is 10.6. The van der Waals surface area contributed by atoms with E-state index in [2.05, 4.69) is 0 Å². The highest BCUT2D eigenvalue weighted by molar-refractivity contribution is 5.87. The predicted octanol–water partition coefficient (Wildman–Crippen LogP) is 0.00610. The standard InChI is InChI=1S/C15H19NO6/c17-13(11-9-1-2-10(22-9)12(11)14(18)19)16-5-3-15(4-6-16)20-7-8-21-15/h1-2,9-12H,3-8H2,(H,18,19)/t9-,10+,11-,12+/m1/s1. The van der Waals surface area contributed by atoms with Crippen molar-refractivity contribution in [3.8, 4) is 0 Å². The molecule has 4 rings (SSSR count). The maximum Gasteiger partial charge on any atom is 0.310 e. The molecule has 1 amide bonds. The van der Waals surface area contributed by atoms with Gasteiger partial charge in [-0.2, -0.15) is 0 Å². The molecule has 0 aliphatic carbocycles. The molecule has 120 valence electrons. The number of piperidine rings is 1. The molecule has 4 aliphatic heterocycles. The van der Waals surface area contributed by atoms with Crippen molar-refractivity contribution in [3.63, 3.8) is 0 Å². The van der Waals surface area contributed by atoms with Crippen LogP contribution < -0.4 is 0 Å². The Kier molecular flexibility index (Phi) is 3.25. The molecule has 22 heavy (non-hydrogen) atoms. The minimum absolute atomic E-state index is 0.128. The van der Waals surface area contributed by atoms with Gasteiger partial charge in [-0.15, -0.1) is 0 Å². The molecule has 0 aromatic rings. The molecule has 4 aliphatic rings. The largest absolute Gasteiger partial charge is 0.481 e. The van der Waals surface area contributed by atoms with Crippen LogP contribution in [-0.4, -0.2) is 66.2 Å². The predicted molar refractivity (Wildman–Crippen MR) is 72.9 cm³/mol. The number of ether oxygens (including phenoxy) is 3. The average molecular weight is 309 g/mol. The van der Waals surface area contributed by atoms with Gasteiger partial charge in [0, 0.05) is 25.9 Å². The number of carbonyl (C=O) groups is 2. The first kappa shape index (κ1) is 14.2. The number of rotatable bonds is 2.